The number of thioether (sulfide) groups is 1. The van der Waals surface area contributed by atoms with E-state index in [2.05, 4.69) is 47.9 Å². The first-order chi connectivity index (χ1) is 8.65. The minimum Gasteiger partial charge on any atom is -0.356 e. The topological polar surface area (TPSA) is 36.4 Å². The zero-order chi connectivity index (χ0) is 13.4. The van der Waals surface area contributed by atoms with Crippen molar-refractivity contribution in [3.05, 3.63) is 21.9 Å². The Labute approximate surface area is 118 Å². The van der Waals surface area contributed by atoms with Gasteiger partial charge in [-0.25, -0.2) is 0 Å². The number of hydrogen-bond acceptors (Lipinski definition) is 3. The summed E-state index contributed by atoms with van der Waals surface area (Å²) in [4.78, 5) is 7.03. The van der Waals surface area contributed by atoms with Gasteiger partial charge in [-0.05, 0) is 32.2 Å². The number of guanidine groups is 1. The Bertz CT molecular complexity index is 374. The Hall–Kier alpha value is -0.680. The van der Waals surface area contributed by atoms with Gasteiger partial charge in [-0.15, -0.1) is 11.3 Å². The van der Waals surface area contributed by atoms with Crippen LogP contribution in [-0.4, -0.2) is 37.6 Å². The van der Waals surface area contributed by atoms with Crippen LogP contribution in [0.15, 0.2) is 17.1 Å². The fourth-order valence-corrected chi connectivity index (χ4v) is 2.97. The molecule has 0 aliphatic carbocycles. The van der Waals surface area contributed by atoms with E-state index in [9.17, 15) is 0 Å². The number of thiophene rings is 1. The lowest BCUT2D eigenvalue weighted by atomic mass is 10.2. The van der Waals surface area contributed by atoms with Gasteiger partial charge in [0.25, 0.3) is 0 Å². The van der Waals surface area contributed by atoms with Gasteiger partial charge in [-0.1, -0.05) is 0 Å². The molecule has 0 bridgehead atoms. The molecule has 1 aromatic heterocycles. The molecule has 0 amide bonds. The molecule has 0 aliphatic rings. The summed E-state index contributed by atoms with van der Waals surface area (Å²) in [5.74, 6) is 1.99. The molecule has 102 valence electrons. The van der Waals surface area contributed by atoms with E-state index >= 15 is 0 Å². The maximum absolute atomic E-state index is 4.24. The molecule has 1 heterocycles. The molecular formula is C13H23N3S2. The van der Waals surface area contributed by atoms with Crippen molar-refractivity contribution in [1.82, 2.24) is 10.6 Å². The van der Waals surface area contributed by atoms with Gasteiger partial charge < -0.3 is 10.6 Å². The van der Waals surface area contributed by atoms with Crippen molar-refractivity contribution < 1.29 is 0 Å². The summed E-state index contributed by atoms with van der Waals surface area (Å²) < 4.78 is 0. The molecule has 0 spiro atoms. The van der Waals surface area contributed by atoms with Gasteiger partial charge in [-0.2, -0.15) is 11.8 Å². The summed E-state index contributed by atoms with van der Waals surface area (Å²) in [6, 6.07) is 4.78. The first-order valence-electron chi connectivity index (χ1n) is 6.17. The molecule has 2 N–H and O–H groups in total. The van der Waals surface area contributed by atoms with Crippen LogP contribution in [0.1, 0.15) is 16.7 Å². The lowest BCUT2D eigenvalue weighted by Crippen LogP contribution is -2.43. The Balaban J connectivity index is 2.35. The number of aliphatic imine (C=N–C) groups is 1. The van der Waals surface area contributed by atoms with Crippen LogP contribution in [0.3, 0.4) is 0 Å². The number of rotatable bonds is 6. The zero-order valence-corrected chi connectivity index (χ0v) is 13.3. The fourth-order valence-electron chi connectivity index (χ4n) is 1.65. The number of hydrogen-bond donors (Lipinski definition) is 2. The van der Waals surface area contributed by atoms with Gasteiger partial charge in [-0.3, -0.25) is 4.99 Å². The highest BCUT2D eigenvalue weighted by Crippen LogP contribution is 2.16. The van der Waals surface area contributed by atoms with E-state index in [0.29, 0.717) is 6.04 Å². The van der Waals surface area contributed by atoms with Crippen molar-refractivity contribution in [2.24, 2.45) is 4.99 Å². The van der Waals surface area contributed by atoms with Crippen molar-refractivity contribution in [2.45, 2.75) is 26.3 Å². The van der Waals surface area contributed by atoms with Crippen LogP contribution < -0.4 is 10.6 Å². The summed E-state index contributed by atoms with van der Waals surface area (Å²) >= 11 is 3.70. The molecule has 1 aromatic rings. The Morgan fingerprint density at radius 3 is 2.83 bits per heavy atom. The second kappa shape index (κ2) is 8.43. The standard InChI is InChI=1S/C13H23N3S2/c1-10(9-12-6-5-11(2)18-12)16-13(14-3)15-7-8-17-4/h5-6,10H,7-9H2,1-4H3,(H2,14,15,16). The summed E-state index contributed by atoms with van der Waals surface area (Å²) in [5.41, 5.74) is 0. The largest absolute Gasteiger partial charge is 0.356 e. The fraction of sp³-hybridized carbons (Fsp3) is 0.615. The molecule has 0 fully saturated rings. The van der Waals surface area contributed by atoms with Crippen molar-refractivity contribution >= 4 is 29.1 Å². The lowest BCUT2D eigenvalue weighted by Gasteiger charge is -2.17. The molecule has 0 radical (unpaired) electrons. The highest BCUT2D eigenvalue weighted by Gasteiger charge is 2.07. The minimum absolute atomic E-state index is 0.392. The van der Waals surface area contributed by atoms with Crippen molar-refractivity contribution in [3.8, 4) is 0 Å². The van der Waals surface area contributed by atoms with E-state index in [1.807, 2.05) is 30.1 Å². The van der Waals surface area contributed by atoms with E-state index in [1.54, 1.807) is 0 Å². The predicted octanol–water partition coefficient (Wildman–Crippen LogP) is 2.52. The van der Waals surface area contributed by atoms with Crippen LogP contribution in [0.2, 0.25) is 0 Å². The molecule has 3 nitrogen and oxygen atoms in total. The van der Waals surface area contributed by atoms with E-state index < -0.39 is 0 Å². The third kappa shape index (κ3) is 5.78. The highest BCUT2D eigenvalue weighted by molar-refractivity contribution is 7.98. The van der Waals surface area contributed by atoms with Crippen LogP contribution in [0.5, 0.6) is 0 Å². The Morgan fingerprint density at radius 1 is 1.50 bits per heavy atom. The smallest absolute Gasteiger partial charge is 0.191 e. The van der Waals surface area contributed by atoms with Gasteiger partial charge in [0.05, 0.1) is 0 Å². The molecular weight excluding hydrogens is 262 g/mol. The quantitative estimate of drug-likeness (QED) is 0.479. The Morgan fingerprint density at radius 2 is 2.28 bits per heavy atom. The summed E-state index contributed by atoms with van der Waals surface area (Å²) in [7, 11) is 1.82. The molecule has 18 heavy (non-hydrogen) atoms. The van der Waals surface area contributed by atoms with Crippen molar-refractivity contribution in [3.63, 3.8) is 0 Å². The van der Waals surface area contributed by atoms with E-state index in [0.717, 1.165) is 24.7 Å². The third-order valence-corrected chi connectivity index (χ3v) is 4.14. The molecule has 0 aromatic carbocycles. The zero-order valence-electron chi connectivity index (χ0n) is 11.6. The van der Waals surface area contributed by atoms with Crippen LogP contribution in [-0.2, 0) is 6.42 Å². The first kappa shape index (κ1) is 15.4. The molecule has 1 rings (SSSR count). The third-order valence-electron chi connectivity index (χ3n) is 2.51. The van der Waals surface area contributed by atoms with Crippen molar-refractivity contribution in [1.29, 1.82) is 0 Å². The second-order valence-corrected chi connectivity index (χ2v) is 6.61. The van der Waals surface area contributed by atoms with Gasteiger partial charge in [0.2, 0.25) is 0 Å². The van der Waals surface area contributed by atoms with E-state index in [-0.39, 0.29) is 0 Å². The number of nitrogens with zero attached hydrogens (tertiary/aromatic N) is 1. The second-order valence-electron chi connectivity index (χ2n) is 4.25. The SMILES string of the molecule is CN=C(NCCSC)NC(C)Cc1ccc(C)s1. The molecule has 0 saturated heterocycles. The van der Waals surface area contributed by atoms with E-state index in [4.69, 9.17) is 0 Å². The van der Waals surface area contributed by atoms with Gasteiger partial charge in [0.15, 0.2) is 5.96 Å². The number of nitrogens with one attached hydrogen (secondary N) is 2. The van der Waals surface area contributed by atoms with Crippen LogP contribution in [0.25, 0.3) is 0 Å². The first-order valence-corrected chi connectivity index (χ1v) is 8.38. The molecule has 0 saturated carbocycles. The molecule has 0 aliphatic heterocycles. The van der Waals surface area contributed by atoms with Crippen LogP contribution >= 0.6 is 23.1 Å². The summed E-state index contributed by atoms with van der Waals surface area (Å²) in [6.45, 7) is 5.29. The summed E-state index contributed by atoms with van der Waals surface area (Å²) in [5, 5.41) is 6.73. The average Bonchev–Trinajstić information content (AvgIpc) is 2.73. The maximum Gasteiger partial charge on any atom is 0.191 e. The normalized spacial score (nSPS) is 13.4. The van der Waals surface area contributed by atoms with E-state index in [1.165, 1.54) is 9.75 Å². The summed E-state index contributed by atoms with van der Waals surface area (Å²) in [6.07, 6.45) is 3.15. The maximum atomic E-state index is 4.24. The van der Waals surface area contributed by atoms with Crippen molar-refractivity contribution in [2.75, 3.05) is 25.6 Å². The number of aryl methyl sites for hydroxylation is 1. The predicted molar refractivity (Wildman–Crippen MR) is 85.1 cm³/mol. The molecule has 1 atom stereocenters. The average molecular weight is 285 g/mol. The van der Waals surface area contributed by atoms with Crippen LogP contribution in [0.4, 0.5) is 0 Å². The Kier molecular flexibility index (Phi) is 7.20. The highest BCUT2D eigenvalue weighted by atomic mass is 32.2. The molecule has 1 unspecified atom stereocenters. The minimum atomic E-state index is 0.392. The molecule has 5 heteroatoms. The van der Waals surface area contributed by atoms with Gasteiger partial charge in [0, 0.05) is 41.6 Å². The van der Waals surface area contributed by atoms with Gasteiger partial charge in [0.1, 0.15) is 0 Å². The van der Waals surface area contributed by atoms with Crippen LogP contribution in [0, 0.1) is 6.92 Å². The van der Waals surface area contributed by atoms with Gasteiger partial charge >= 0.3 is 0 Å². The monoisotopic (exact) mass is 285 g/mol. The lowest BCUT2D eigenvalue weighted by molar-refractivity contribution is 0.648.